The van der Waals surface area contributed by atoms with Crippen LogP contribution in [0.15, 0.2) is 53.4 Å². The van der Waals surface area contributed by atoms with E-state index < -0.39 is 10.0 Å². The van der Waals surface area contributed by atoms with Crippen molar-refractivity contribution in [2.75, 3.05) is 16.6 Å². The van der Waals surface area contributed by atoms with Crippen molar-refractivity contribution in [2.45, 2.75) is 31.6 Å². The van der Waals surface area contributed by atoms with Crippen LogP contribution >= 0.6 is 0 Å². The van der Waals surface area contributed by atoms with E-state index >= 15 is 0 Å². The molecule has 0 unspecified atom stereocenters. The number of hydrogen-bond acceptors (Lipinski definition) is 3. The molecular formula is C17H22N2O2S. The Morgan fingerprint density at radius 3 is 2.23 bits per heavy atom. The van der Waals surface area contributed by atoms with Gasteiger partial charge < -0.3 is 5.32 Å². The summed E-state index contributed by atoms with van der Waals surface area (Å²) in [6.45, 7) is 4.87. The summed E-state index contributed by atoms with van der Waals surface area (Å²) in [5.74, 6) is 0. The minimum absolute atomic E-state index is 0.265. The van der Waals surface area contributed by atoms with E-state index in [-0.39, 0.29) is 4.90 Å². The third-order valence-corrected chi connectivity index (χ3v) is 4.73. The molecule has 0 radical (unpaired) electrons. The number of unbranched alkanes of at least 4 members (excludes halogenated alkanes) is 1. The van der Waals surface area contributed by atoms with Crippen LogP contribution in [-0.4, -0.2) is 15.0 Å². The van der Waals surface area contributed by atoms with Crippen LogP contribution in [-0.2, 0) is 10.0 Å². The number of para-hydroxylation sites is 2. The second kappa shape index (κ2) is 7.31. The Bertz CT molecular complexity index is 710. The number of rotatable bonds is 7. The van der Waals surface area contributed by atoms with Gasteiger partial charge in [0.1, 0.15) is 0 Å². The summed E-state index contributed by atoms with van der Waals surface area (Å²) in [5, 5.41) is 3.27. The van der Waals surface area contributed by atoms with E-state index in [2.05, 4.69) is 17.0 Å². The Balaban J connectivity index is 2.20. The average molecular weight is 318 g/mol. The SMILES string of the molecule is CCCCNc1ccccc1NS(=O)(=O)c1ccc(C)cc1. The summed E-state index contributed by atoms with van der Waals surface area (Å²) in [4.78, 5) is 0.265. The summed E-state index contributed by atoms with van der Waals surface area (Å²) < 4.78 is 27.6. The zero-order valence-corrected chi connectivity index (χ0v) is 13.8. The predicted molar refractivity (Wildman–Crippen MR) is 91.8 cm³/mol. The molecule has 0 heterocycles. The quantitative estimate of drug-likeness (QED) is 0.758. The Morgan fingerprint density at radius 2 is 1.59 bits per heavy atom. The Labute approximate surface area is 132 Å². The van der Waals surface area contributed by atoms with Crippen molar-refractivity contribution < 1.29 is 8.42 Å². The first-order valence-corrected chi connectivity index (χ1v) is 8.93. The zero-order valence-electron chi connectivity index (χ0n) is 13.0. The molecule has 0 spiro atoms. The van der Waals surface area contributed by atoms with Gasteiger partial charge in [-0.3, -0.25) is 4.72 Å². The molecule has 4 nitrogen and oxygen atoms in total. The average Bonchev–Trinajstić information content (AvgIpc) is 2.49. The van der Waals surface area contributed by atoms with Gasteiger partial charge in [0.05, 0.1) is 16.3 Å². The molecule has 2 N–H and O–H groups in total. The molecule has 2 aromatic carbocycles. The molecule has 0 fully saturated rings. The summed E-state index contributed by atoms with van der Waals surface area (Å²) >= 11 is 0. The van der Waals surface area contributed by atoms with Crippen molar-refractivity contribution in [3.8, 4) is 0 Å². The predicted octanol–water partition coefficient (Wildman–Crippen LogP) is 4.01. The number of nitrogens with one attached hydrogen (secondary N) is 2. The molecule has 0 aliphatic carbocycles. The Kier molecular flexibility index (Phi) is 5.44. The van der Waals surface area contributed by atoms with Crippen molar-refractivity contribution in [3.63, 3.8) is 0 Å². The number of hydrogen-bond donors (Lipinski definition) is 2. The first-order chi connectivity index (χ1) is 10.5. The highest BCUT2D eigenvalue weighted by Gasteiger charge is 2.15. The molecule has 0 saturated carbocycles. The molecule has 2 rings (SSSR count). The van der Waals surface area contributed by atoms with E-state index in [0.717, 1.165) is 30.6 Å². The van der Waals surface area contributed by atoms with Crippen LogP contribution in [0.5, 0.6) is 0 Å². The van der Waals surface area contributed by atoms with Gasteiger partial charge in [-0.2, -0.15) is 0 Å². The maximum absolute atomic E-state index is 12.5. The van der Waals surface area contributed by atoms with Crippen LogP contribution in [0.2, 0.25) is 0 Å². The third-order valence-electron chi connectivity index (χ3n) is 3.35. The minimum atomic E-state index is -3.57. The number of benzene rings is 2. The first kappa shape index (κ1) is 16.4. The number of aryl methyl sites for hydroxylation is 1. The van der Waals surface area contributed by atoms with E-state index in [1.807, 2.05) is 25.1 Å². The monoisotopic (exact) mass is 318 g/mol. The largest absolute Gasteiger partial charge is 0.383 e. The van der Waals surface area contributed by atoms with Crippen LogP contribution in [0.1, 0.15) is 25.3 Å². The molecular weight excluding hydrogens is 296 g/mol. The molecule has 0 bridgehead atoms. The van der Waals surface area contributed by atoms with Crippen LogP contribution < -0.4 is 10.0 Å². The van der Waals surface area contributed by atoms with Gasteiger partial charge in [0, 0.05) is 6.54 Å². The lowest BCUT2D eigenvalue weighted by atomic mass is 10.2. The molecule has 2 aromatic rings. The molecule has 0 aliphatic rings. The molecule has 0 aliphatic heterocycles. The van der Waals surface area contributed by atoms with E-state index in [1.165, 1.54) is 0 Å². The lowest BCUT2D eigenvalue weighted by Crippen LogP contribution is -2.14. The summed E-state index contributed by atoms with van der Waals surface area (Å²) in [5.41, 5.74) is 2.39. The third kappa shape index (κ3) is 4.24. The van der Waals surface area contributed by atoms with Gasteiger partial charge in [0.2, 0.25) is 0 Å². The molecule has 0 saturated heterocycles. The first-order valence-electron chi connectivity index (χ1n) is 7.45. The van der Waals surface area contributed by atoms with Crippen molar-refractivity contribution in [1.29, 1.82) is 0 Å². The Morgan fingerprint density at radius 1 is 0.955 bits per heavy atom. The van der Waals surface area contributed by atoms with E-state index in [1.54, 1.807) is 30.3 Å². The van der Waals surface area contributed by atoms with Crippen LogP contribution in [0.3, 0.4) is 0 Å². The van der Waals surface area contributed by atoms with E-state index in [0.29, 0.717) is 5.69 Å². The van der Waals surface area contributed by atoms with Crippen LogP contribution in [0.4, 0.5) is 11.4 Å². The molecule has 0 amide bonds. The zero-order chi connectivity index (χ0) is 16.0. The van der Waals surface area contributed by atoms with Gasteiger partial charge in [-0.1, -0.05) is 43.2 Å². The normalized spacial score (nSPS) is 11.2. The van der Waals surface area contributed by atoms with Gasteiger partial charge in [0.15, 0.2) is 0 Å². The van der Waals surface area contributed by atoms with Gasteiger partial charge in [-0.05, 0) is 37.6 Å². The summed E-state index contributed by atoms with van der Waals surface area (Å²) in [6.07, 6.45) is 2.13. The summed E-state index contributed by atoms with van der Waals surface area (Å²) in [7, 11) is -3.57. The molecule has 5 heteroatoms. The molecule has 0 aromatic heterocycles. The topological polar surface area (TPSA) is 58.2 Å². The van der Waals surface area contributed by atoms with Crippen molar-refractivity contribution in [2.24, 2.45) is 0 Å². The van der Waals surface area contributed by atoms with Gasteiger partial charge in [0.25, 0.3) is 10.0 Å². The molecule has 22 heavy (non-hydrogen) atoms. The van der Waals surface area contributed by atoms with Gasteiger partial charge >= 0.3 is 0 Å². The van der Waals surface area contributed by atoms with Crippen molar-refractivity contribution in [3.05, 3.63) is 54.1 Å². The fourth-order valence-corrected chi connectivity index (χ4v) is 3.13. The van der Waals surface area contributed by atoms with E-state index in [4.69, 9.17) is 0 Å². The number of anilines is 2. The fraction of sp³-hybridized carbons (Fsp3) is 0.294. The smallest absolute Gasteiger partial charge is 0.261 e. The van der Waals surface area contributed by atoms with Gasteiger partial charge in [-0.25, -0.2) is 8.42 Å². The van der Waals surface area contributed by atoms with Crippen LogP contribution in [0, 0.1) is 6.92 Å². The standard InChI is InChI=1S/C17H22N2O2S/c1-3-4-13-18-16-7-5-6-8-17(16)19-22(20,21)15-11-9-14(2)10-12-15/h5-12,18-19H,3-4,13H2,1-2H3. The second-order valence-electron chi connectivity index (χ2n) is 5.24. The van der Waals surface area contributed by atoms with Crippen molar-refractivity contribution >= 4 is 21.4 Å². The maximum Gasteiger partial charge on any atom is 0.261 e. The lowest BCUT2D eigenvalue weighted by molar-refractivity contribution is 0.601. The van der Waals surface area contributed by atoms with Gasteiger partial charge in [-0.15, -0.1) is 0 Å². The van der Waals surface area contributed by atoms with Crippen LogP contribution in [0.25, 0.3) is 0 Å². The molecule has 0 atom stereocenters. The summed E-state index contributed by atoms with van der Waals surface area (Å²) in [6, 6.07) is 14.2. The second-order valence-corrected chi connectivity index (χ2v) is 6.93. The number of sulfonamides is 1. The highest BCUT2D eigenvalue weighted by atomic mass is 32.2. The maximum atomic E-state index is 12.5. The van der Waals surface area contributed by atoms with Crippen molar-refractivity contribution in [1.82, 2.24) is 0 Å². The van der Waals surface area contributed by atoms with E-state index in [9.17, 15) is 8.42 Å². The fourth-order valence-electron chi connectivity index (χ4n) is 2.05. The molecule has 118 valence electrons. The lowest BCUT2D eigenvalue weighted by Gasteiger charge is -2.14. The Hall–Kier alpha value is -2.01. The highest BCUT2D eigenvalue weighted by Crippen LogP contribution is 2.24. The highest BCUT2D eigenvalue weighted by molar-refractivity contribution is 7.92. The minimum Gasteiger partial charge on any atom is -0.383 e.